The Labute approximate surface area is 133 Å². The molecule has 1 rings (SSSR count). The number of carbonyl (C=O) groups is 2. The molecule has 0 spiro atoms. The zero-order valence-corrected chi connectivity index (χ0v) is 13.5. The van der Waals surface area contributed by atoms with Gasteiger partial charge in [-0.3, -0.25) is 9.59 Å². The second-order valence-electron chi connectivity index (χ2n) is 5.17. The molecule has 0 heterocycles. The molecule has 0 saturated heterocycles. The van der Waals surface area contributed by atoms with E-state index in [0.29, 0.717) is 12.8 Å². The maximum atomic E-state index is 13.8. The lowest BCUT2D eigenvalue weighted by atomic mass is 10.0. The molecule has 7 heteroatoms. The fourth-order valence-electron chi connectivity index (χ4n) is 2.27. The first kappa shape index (κ1) is 19.0. The van der Waals surface area contributed by atoms with E-state index in [0.717, 1.165) is 17.0 Å². The van der Waals surface area contributed by atoms with Crippen molar-refractivity contribution in [1.82, 2.24) is 5.32 Å². The van der Waals surface area contributed by atoms with Gasteiger partial charge in [0.25, 0.3) is 0 Å². The van der Waals surface area contributed by atoms with Gasteiger partial charge in [0.15, 0.2) is 17.5 Å². The maximum Gasteiger partial charge on any atom is 0.224 e. The minimum atomic E-state index is -1.63. The summed E-state index contributed by atoms with van der Waals surface area (Å²) in [5, 5.41) is 2.66. The Morgan fingerprint density at radius 3 is 2.26 bits per heavy atom. The molecule has 1 aromatic rings. The summed E-state index contributed by atoms with van der Waals surface area (Å²) in [6, 6.07) is 1.75. The van der Waals surface area contributed by atoms with Crippen molar-refractivity contribution in [3.05, 3.63) is 29.6 Å². The predicted molar refractivity (Wildman–Crippen MR) is 81.4 cm³/mol. The van der Waals surface area contributed by atoms with Crippen molar-refractivity contribution in [2.45, 2.75) is 33.6 Å². The molecule has 0 radical (unpaired) electrons. The summed E-state index contributed by atoms with van der Waals surface area (Å²) in [5.41, 5.74) is -0.354. The van der Waals surface area contributed by atoms with Crippen LogP contribution in [0.1, 0.15) is 33.6 Å². The van der Waals surface area contributed by atoms with Gasteiger partial charge in [0.1, 0.15) is 0 Å². The Morgan fingerprint density at radius 1 is 1.13 bits per heavy atom. The lowest BCUT2D eigenvalue weighted by Crippen LogP contribution is -2.40. The van der Waals surface area contributed by atoms with Gasteiger partial charge in [0, 0.05) is 25.9 Å². The fourth-order valence-corrected chi connectivity index (χ4v) is 2.27. The molecule has 128 valence electrons. The first-order chi connectivity index (χ1) is 10.8. The molecule has 0 aliphatic rings. The van der Waals surface area contributed by atoms with Crippen molar-refractivity contribution >= 4 is 17.5 Å². The van der Waals surface area contributed by atoms with Gasteiger partial charge in [-0.05, 0) is 25.0 Å². The van der Waals surface area contributed by atoms with Crippen LogP contribution in [0.15, 0.2) is 12.1 Å². The quantitative estimate of drug-likeness (QED) is 0.781. The van der Waals surface area contributed by atoms with Crippen LogP contribution in [0.2, 0.25) is 0 Å². The number of benzene rings is 1. The van der Waals surface area contributed by atoms with Crippen LogP contribution in [0.3, 0.4) is 0 Å². The summed E-state index contributed by atoms with van der Waals surface area (Å²) in [5.74, 6) is -5.19. The maximum absolute atomic E-state index is 13.8. The number of halogens is 3. The average Bonchev–Trinajstić information content (AvgIpc) is 2.51. The topological polar surface area (TPSA) is 49.4 Å². The van der Waals surface area contributed by atoms with Gasteiger partial charge in [0.2, 0.25) is 11.8 Å². The predicted octanol–water partition coefficient (Wildman–Crippen LogP) is 3.01. The zero-order chi connectivity index (χ0) is 17.6. The number of anilines is 1. The van der Waals surface area contributed by atoms with Crippen LogP contribution in [0.5, 0.6) is 0 Å². The highest BCUT2D eigenvalue weighted by Crippen LogP contribution is 2.23. The molecule has 4 nitrogen and oxygen atoms in total. The number of hydrogen-bond acceptors (Lipinski definition) is 2. The summed E-state index contributed by atoms with van der Waals surface area (Å²) >= 11 is 0. The highest BCUT2D eigenvalue weighted by atomic mass is 19.2. The van der Waals surface area contributed by atoms with Gasteiger partial charge >= 0.3 is 0 Å². The molecule has 0 aliphatic heterocycles. The van der Waals surface area contributed by atoms with E-state index in [1.54, 1.807) is 0 Å². The molecule has 0 unspecified atom stereocenters. The lowest BCUT2D eigenvalue weighted by Gasteiger charge is -2.22. The largest absolute Gasteiger partial charge is 0.354 e. The van der Waals surface area contributed by atoms with Crippen LogP contribution in [0, 0.1) is 23.4 Å². The van der Waals surface area contributed by atoms with Crippen LogP contribution >= 0.6 is 0 Å². The van der Waals surface area contributed by atoms with Gasteiger partial charge in [-0.15, -0.1) is 0 Å². The number of amides is 2. The Balaban J connectivity index is 2.80. The van der Waals surface area contributed by atoms with Crippen LogP contribution in [0.4, 0.5) is 18.9 Å². The highest BCUT2D eigenvalue weighted by molar-refractivity contribution is 5.91. The Morgan fingerprint density at radius 2 is 1.74 bits per heavy atom. The van der Waals surface area contributed by atoms with E-state index in [9.17, 15) is 22.8 Å². The second-order valence-corrected chi connectivity index (χ2v) is 5.17. The van der Waals surface area contributed by atoms with E-state index in [4.69, 9.17) is 0 Å². The van der Waals surface area contributed by atoms with Gasteiger partial charge in [-0.2, -0.15) is 0 Å². The van der Waals surface area contributed by atoms with E-state index < -0.39 is 23.4 Å². The molecule has 2 amide bonds. The normalized spacial score (nSPS) is 10.7. The van der Waals surface area contributed by atoms with Gasteiger partial charge in [0.05, 0.1) is 5.69 Å². The Hall–Kier alpha value is -2.05. The average molecular weight is 330 g/mol. The monoisotopic (exact) mass is 330 g/mol. The molecule has 0 aliphatic carbocycles. The standard InChI is InChI=1S/C16H21F3N2O2/c1-4-11(5-2)16(23)20-8-9-21(10(3)22)13-7-6-12(17)14(18)15(13)19/h6-7,11H,4-5,8-9H2,1-3H3,(H,20,23). The number of rotatable bonds is 7. The van der Waals surface area contributed by atoms with Gasteiger partial charge in [-0.1, -0.05) is 13.8 Å². The minimum Gasteiger partial charge on any atom is -0.354 e. The Kier molecular flexibility index (Phi) is 7.06. The third-order valence-corrected chi connectivity index (χ3v) is 3.68. The van der Waals surface area contributed by atoms with Gasteiger partial charge in [-0.25, -0.2) is 13.2 Å². The minimum absolute atomic E-state index is 0.0385. The van der Waals surface area contributed by atoms with Crippen molar-refractivity contribution in [1.29, 1.82) is 0 Å². The van der Waals surface area contributed by atoms with E-state index in [-0.39, 0.29) is 30.6 Å². The molecule has 23 heavy (non-hydrogen) atoms. The van der Waals surface area contributed by atoms with Crippen molar-refractivity contribution in [2.75, 3.05) is 18.0 Å². The Bertz CT molecular complexity index is 575. The number of hydrogen-bond donors (Lipinski definition) is 1. The molecule has 1 aromatic carbocycles. The first-order valence-electron chi connectivity index (χ1n) is 7.52. The smallest absolute Gasteiger partial charge is 0.224 e. The molecule has 0 fully saturated rings. The van der Waals surface area contributed by atoms with Crippen molar-refractivity contribution < 1.29 is 22.8 Å². The molecule has 0 saturated carbocycles. The van der Waals surface area contributed by atoms with Crippen LogP contribution < -0.4 is 10.2 Å². The van der Waals surface area contributed by atoms with Gasteiger partial charge < -0.3 is 10.2 Å². The SMILES string of the molecule is CCC(CC)C(=O)NCCN(C(C)=O)c1ccc(F)c(F)c1F. The van der Waals surface area contributed by atoms with E-state index in [1.807, 2.05) is 13.8 Å². The molecule has 1 N–H and O–H groups in total. The molecular weight excluding hydrogens is 309 g/mol. The lowest BCUT2D eigenvalue weighted by molar-refractivity contribution is -0.125. The van der Waals surface area contributed by atoms with Crippen LogP contribution in [-0.2, 0) is 9.59 Å². The summed E-state index contributed by atoms with van der Waals surface area (Å²) in [6.07, 6.45) is 1.38. The van der Waals surface area contributed by atoms with Crippen molar-refractivity contribution in [3.63, 3.8) is 0 Å². The first-order valence-corrected chi connectivity index (χ1v) is 7.52. The number of nitrogens with zero attached hydrogens (tertiary/aromatic N) is 1. The highest BCUT2D eigenvalue weighted by Gasteiger charge is 2.21. The third kappa shape index (κ3) is 4.71. The number of nitrogens with one attached hydrogen (secondary N) is 1. The van der Waals surface area contributed by atoms with Crippen molar-refractivity contribution in [3.8, 4) is 0 Å². The summed E-state index contributed by atoms with van der Waals surface area (Å²) in [7, 11) is 0. The zero-order valence-electron chi connectivity index (χ0n) is 13.5. The van der Waals surface area contributed by atoms with E-state index >= 15 is 0 Å². The summed E-state index contributed by atoms with van der Waals surface area (Å²) in [6.45, 7) is 5.03. The summed E-state index contributed by atoms with van der Waals surface area (Å²) < 4.78 is 40.1. The summed E-state index contributed by atoms with van der Waals surface area (Å²) in [4.78, 5) is 24.5. The van der Waals surface area contributed by atoms with Crippen LogP contribution in [-0.4, -0.2) is 24.9 Å². The fraction of sp³-hybridized carbons (Fsp3) is 0.500. The van der Waals surface area contributed by atoms with E-state index in [2.05, 4.69) is 5.32 Å². The molecule has 0 aromatic heterocycles. The van der Waals surface area contributed by atoms with E-state index in [1.165, 1.54) is 6.92 Å². The second kappa shape index (κ2) is 8.55. The molecule has 0 bridgehead atoms. The molecule has 0 atom stereocenters. The molecular formula is C16H21F3N2O2. The number of carbonyl (C=O) groups excluding carboxylic acids is 2. The van der Waals surface area contributed by atoms with Crippen molar-refractivity contribution in [2.24, 2.45) is 5.92 Å². The van der Waals surface area contributed by atoms with Crippen LogP contribution in [0.25, 0.3) is 0 Å². The third-order valence-electron chi connectivity index (χ3n) is 3.68.